The van der Waals surface area contributed by atoms with Crippen LogP contribution in [-0.4, -0.2) is 49.4 Å². The van der Waals surface area contributed by atoms with Gasteiger partial charge in [-0.05, 0) is 75.4 Å². The smallest absolute Gasteiger partial charge is 0.286 e. The van der Waals surface area contributed by atoms with E-state index in [-0.39, 0.29) is 11.8 Å². The lowest BCUT2D eigenvalue weighted by atomic mass is 9.96. The molecule has 0 atom stereocenters. The molecule has 1 aromatic heterocycles. The average molecular weight is 396 g/mol. The third kappa shape index (κ3) is 4.70. The molecule has 0 radical (unpaired) electrons. The number of benzene rings is 1. The highest BCUT2D eigenvalue weighted by atomic mass is 16.3. The second-order valence-corrected chi connectivity index (χ2v) is 8.19. The summed E-state index contributed by atoms with van der Waals surface area (Å²) in [6, 6.07) is 9.77. The number of hydrogen-bond donors (Lipinski definition) is 1. The molecule has 2 aliphatic heterocycles. The Bertz CT molecular complexity index is 854. The highest BCUT2D eigenvalue weighted by Crippen LogP contribution is 2.28. The third-order valence-electron chi connectivity index (χ3n) is 6.02. The zero-order valence-corrected chi connectivity index (χ0v) is 17.0. The van der Waals surface area contributed by atoms with E-state index in [1.807, 2.05) is 4.90 Å². The van der Waals surface area contributed by atoms with E-state index in [0.717, 1.165) is 51.0 Å². The van der Waals surface area contributed by atoms with E-state index in [1.54, 1.807) is 12.1 Å². The zero-order valence-electron chi connectivity index (χ0n) is 17.0. The number of aryl methyl sites for hydroxylation is 2. The number of nitrogens with zero attached hydrogens (tertiary/aromatic N) is 2. The summed E-state index contributed by atoms with van der Waals surface area (Å²) in [4.78, 5) is 29.2. The largest absolute Gasteiger partial charge is 0.459 e. The second kappa shape index (κ2) is 8.82. The Morgan fingerprint density at radius 3 is 2.76 bits per heavy atom. The van der Waals surface area contributed by atoms with Gasteiger partial charge in [0.15, 0.2) is 5.76 Å². The van der Waals surface area contributed by atoms with Gasteiger partial charge in [-0.1, -0.05) is 17.7 Å². The fourth-order valence-electron chi connectivity index (χ4n) is 4.34. The summed E-state index contributed by atoms with van der Waals surface area (Å²) >= 11 is 0. The van der Waals surface area contributed by atoms with Crippen LogP contribution in [0.4, 0.5) is 5.69 Å². The Kier molecular flexibility index (Phi) is 6.00. The van der Waals surface area contributed by atoms with Gasteiger partial charge in [-0.2, -0.15) is 0 Å². The molecule has 0 bridgehead atoms. The van der Waals surface area contributed by atoms with E-state index in [9.17, 15) is 9.59 Å². The maximum absolute atomic E-state index is 13.0. The lowest BCUT2D eigenvalue weighted by Crippen LogP contribution is -2.46. The van der Waals surface area contributed by atoms with Crippen LogP contribution in [0, 0.1) is 12.8 Å². The molecule has 29 heavy (non-hydrogen) atoms. The molecular formula is C23H29N3O3. The SMILES string of the molecule is Cc1ccc2c(c1)CCCN2C(=O)CN1CCC(CNC(=O)c2ccco2)CC1. The fourth-order valence-corrected chi connectivity index (χ4v) is 4.34. The summed E-state index contributed by atoms with van der Waals surface area (Å²) in [7, 11) is 0. The van der Waals surface area contributed by atoms with Crippen molar-refractivity contribution in [2.24, 2.45) is 5.92 Å². The van der Waals surface area contributed by atoms with Crippen LogP contribution in [0.1, 0.15) is 40.9 Å². The quantitative estimate of drug-likeness (QED) is 0.845. The molecule has 6 nitrogen and oxygen atoms in total. The number of nitrogens with one attached hydrogen (secondary N) is 1. The minimum absolute atomic E-state index is 0.161. The summed E-state index contributed by atoms with van der Waals surface area (Å²) < 4.78 is 5.12. The van der Waals surface area contributed by atoms with Gasteiger partial charge in [0, 0.05) is 18.8 Å². The Hall–Kier alpha value is -2.60. The number of piperidine rings is 1. The molecule has 2 amide bonds. The maximum atomic E-state index is 13.0. The van der Waals surface area contributed by atoms with Crippen LogP contribution < -0.4 is 10.2 Å². The van der Waals surface area contributed by atoms with E-state index in [4.69, 9.17) is 4.42 Å². The van der Waals surface area contributed by atoms with Crippen LogP contribution in [-0.2, 0) is 11.2 Å². The van der Waals surface area contributed by atoms with Gasteiger partial charge in [0.1, 0.15) is 0 Å². The number of rotatable bonds is 5. The number of fused-ring (bicyclic) bond motifs is 1. The minimum atomic E-state index is -0.161. The van der Waals surface area contributed by atoms with Crippen LogP contribution in [0.3, 0.4) is 0 Å². The molecule has 0 unspecified atom stereocenters. The molecule has 0 aliphatic carbocycles. The number of carbonyl (C=O) groups is 2. The molecule has 2 aliphatic rings. The van der Waals surface area contributed by atoms with Crippen molar-refractivity contribution < 1.29 is 14.0 Å². The zero-order chi connectivity index (χ0) is 20.2. The van der Waals surface area contributed by atoms with E-state index in [0.29, 0.717) is 24.8 Å². The monoisotopic (exact) mass is 395 g/mol. The molecule has 4 rings (SSSR count). The van der Waals surface area contributed by atoms with Crippen molar-refractivity contribution in [2.75, 3.05) is 37.6 Å². The highest BCUT2D eigenvalue weighted by molar-refractivity contribution is 5.96. The van der Waals surface area contributed by atoms with Gasteiger partial charge >= 0.3 is 0 Å². The Balaban J connectivity index is 1.25. The van der Waals surface area contributed by atoms with Crippen molar-refractivity contribution in [1.82, 2.24) is 10.2 Å². The molecule has 6 heteroatoms. The Morgan fingerprint density at radius 1 is 1.17 bits per heavy atom. The standard InChI is InChI=1S/C23H29N3O3/c1-17-6-7-20-19(14-17)4-2-10-26(20)22(27)16-25-11-8-18(9-12-25)15-24-23(28)21-5-3-13-29-21/h3,5-7,13-14,18H,2,4,8-12,15-16H2,1H3,(H,24,28). The molecule has 1 N–H and O–H groups in total. The van der Waals surface area contributed by atoms with Crippen molar-refractivity contribution >= 4 is 17.5 Å². The fraction of sp³-hybridized carbons (Fsp3) is 0.478. The van der Waals surface area contributed by atoms with Crippen molar-refractivity contribution in [1.29, 1.82) is 0 Å². The molecule has 0 saturated carbocycles. The maximum Gasteiger partial charge on any atom is 0.286 e. The number of amides is 2. The molecule has 2 aromatic rings. The summed E-state index contributed by atoms with van der Waals surface area (Å²) in [5.41, 5.74) is 3.62. The van der Waals surface area contributed by atoms with Gasteiger partial charge in [-0.3, -0.25) is 14.5 Å². The Labute approximate surface area is 171 Å². The van der Waals surface area contributed by atoms with Gasteiger partial charge in [-0.25, -0.2) is 0 Å². The first kappa shape index (κ1) is 19.7. The van der Waals surface area contributed by atoms with Crippen LogP contribution in [0.5, 0.6) is 0 Å². The highest BCUT2D eigenvalue weighted by Gasteiger charge is 2.26. The van der Waals surface area contributed by atoms with E-state index < -0.39 is 0 Å². The molecule has 3 heterocycles. The summed E-state index contributed by atoms with van der Waals surface area (Å²) in [6.07, 6.45) is 5.56. The second-order valence-electron chi connectivity index (χ2n) is 8.19. The van der Waals surface area contributed by atoms with E-state index in [1.165, 1.54) is 17.4 Å². The summed E-state index contributed by atoms with van der Waals surface area (Å²) in [5.74, 6) is 0.829. The van der Waals surface area contributed by atoms with Gasteiger partial charge in [0.2, 0.25) is 5.91 Å². The van der Waals surface area contributed by atoms with Crippen molar-refractivity contribution in [3.63, 3.8) is 0 Å². The molecule has 154 valence electrons. The van der Waals surface area contributed by atoms with Crippen molar-refractivity contribution in [3.8, 4) is 0 Å². The predicted molar refractivity (Wildman–Crippen MR) is 112 cm³/mol. The third-order valence-corrected chi connectivity index (χ3v) is 6.02. The lowest BCUT2D eigenvalue weighted by Gasteiger charge is -2.35. The van der Waals surface area contributed by atoms with Gasteiger partial charge < -0.3 is 14.6 Å². The molecule has 1 aromatic carbocycles. The Morgan fingerprint density at radius 2 is 2.00 bits per heavy atom. The van der Waals surface area contributed by atoms with Crippen molar-refractivity contribution in [2.45, 2.75) is 32.6 Å². The normalized spacial score (nSPS) is 17.8. The number of anilines is 1. The van der Waals surface area contributed by atoms with E-state index in [2.05, 4.69) is 35.3 Å². The molecule has 1 fully saturated rings. The first-order valence-electron chi connectivity index (χ1n) is 10.5. The number of furan rings is 1. The van der Waals surface area contributed by atoms with Crippen molar-refractivity contribution in [3.05, 3.63) is 53.5 Å². The van der Waals surface area contributed by atoms with Crippen LogP contribution in [0.2, 0.25) is 0 Å². The molecule has 1 saturated heterocycles. The molecular weight excluding hydrogens is 366 g/mol. The number of carbonyl (C=O) groups excluding carboxylic acids is 2. The predicted octanol–water partition coefficient (Wildman–Crippen LogP) is 3.01. The first-order valence-corrected chi connectivity index (χ1v) is 10.5. The molecule has 0 spiro atoms. The van der Waals surface area contributed by atoms with Gasteiger partial charge in [-0.15, -0.1) is 0 Å². The van der Waals surface area contributed by atoms with Crippen LogP contribution in [0.15, 0.2) is 41.0 Å². The topological polar surface area (TPSA) is 65.8 Å². The van der Waals surface area contributed by atoms with E-state index >= 15 is 0 Å². The van der Waals surface area contributed by atoms with Crippen LogP contribution in [0.25, 0.3) is 0 Å². The lowest BCUT2D eigenvalue weighted by molar-refractivity contribution is -0.120. The van der Waals surface area contributed by atoms with Gasteiger partial charge in [0.05, 0.1) is 12.8 Å². The summed E-state index contributed by atoms with van der Waals surface area (Å²) in [5, 5.41) is 2.95. The first-order chi connectivity index (χ1) is 14.1. The number of likely N-dealkylation sites (tertiary alicyclic amines) is 1. The van der Waals surface area contributed by atoms with Crippen LogP contribution >= 0.6 is 0 Å². The number of hydrogen-bond acceptors (Lipinski definition) is 4. The minimum Gasteiger partial charge on any atom is -0.459 e. The summed E-state index contributed by atoms with van der Waals surface area (Å²) in [6.45, 7) is 5.81. The average Bonchev–Trinajstić information content (AvgIpc) is 3.27. The van der Waals surface area contributed by atoms with Gasteiger partial charge in [0.25, 0.3) is 5.91 Å².